The van der Waals surface area contributed by atoms with Crippen LogP contribution in [0.15, 0.2) is 36.0 Å². The summed E-state index contributed by atoms with van der Waals surface area (Å²) in [7, 11) is 0. The first-order valence-corrected chi connectivity index (χ1v) is 7.34. The third kappa shape index (κ3) is 2.86. The first-order valence-electron chi connectivity index (χ1n) is 7.34. The molecular formula is C16H17FN2O4. The molecule has 2 aliphatic heterocycles. The third-order valence-corrected chi connectivity index (χ3v) is 4.07. The number of carbonyl (C=O) groups excluding carboxylic acids is 2. The van der Waals surface area contributed by atoms with Crippen molar-refractivity contribution in [1.29, 1.82) is 0 Å². The van der Waals surface area contributed by atoms with E-state index in [0.717, 1.165) is 5.70 Å². The van der Waals surface area contributed by atoms with Crippen molar-refractivity contribution in [2.45, 2.75) is 26.1 Å². The molecule has 2 aliphatic rings. The van der Waals surface area contributed by atoms with E-state index in [-0.39, 0.29) is 12.4 Å². The van der Waals surface area contributed by atoms with Crippen molar-refractivity contribution in [3.63, 3.8) is 0 Å². The molecule has 6 nitrogen and oxygen atoms in total. The van der Waals surface area contributed by atoms with Gasteiger partial charge < -0.3 is 9.47 Å². The Labute approximate surface area is 133 Å². The predicted octanol–water partition coefficient (Wildman–Crippen LogP) is 2.90. The zero-order valence-electron chi connectivity index (χ0n) is 12.9. The molecule has 1 aromatic rings. The molecule has 3 rings (SSSR count). The van der Waals surface area contributed by atoms with Crippen molar-refractivity contribution in [2.75, 3.05) is 18.0 Å². The normalized spacial score (nSPS) is 24.9. The van der Waals surface area contributed by atoms with E-state index in [9.17, 15) is 14.0 Å². The number of allylic oxidation sites excluding steroid dienone is 2. The molecule has 0 spiro atoms. The van der Waals surface area contributed by atoms with Crippen molar-refractivity contribution in [3.8, 4) is 0 Å². The van der Waals surface area contributed by atoms with Gasteiger partial charge in [0.05, 0.1) is 13.1 Å². The lowest BCUT2D eigenvalue weighted by Crippen LogP contribution is -2.34. The minimum absolute atomic E-state index is 0.255. The second-order valence-corrected chi connectivity index (χ2v) is 5.47. The number of hydrogen-bond donors (Lipinski definition) is 0. The Bertz CT molecular complexity index is 659. The summed E-state index contributed by atoms with van der Waals surface area (Å²) in [6, 6.07) is 5.58. The number of amides is 2. The number of halogens is 1. The highest BCUT2D eigenvalue weighted by Gasteiger charge is 2.44. The van der Waals surface area contributed by atoms with Gasteiger partial charge in [0.1, 0.15) is 5.82 Å². The van der Waals surface area contributed by atoms with E-state index >= 15 is 0 Å². The summed E-state index contributed by atoms with van der Waals surface area (Å²) >= 11 is 0. The summed E-state index contributed by atoms with van der Waals surface area (Å²) in [6.07, 6.45) is -0.228. The Morgan fingerprint density at radius 2 is 1.74 bits per heavy atom. The molecule has 122 valence electrons. The monoisotopic (exact) mass is 320 g/mol. The molecule has 0 aromatic heterocycles. The second kappa shape index (κ2) is 5.91. The van der Waals surface area contributed by atoms with E-state index in [1.807, 2.05) is 19.9 Å². The van der Waals surface area contributed by atoms with E-state index in [0.29, 0.717) is 12.2 Å². The number of hydrogen-bond acceptors (Lipinski definition) is 4. The quantitative estimate of drug-likeness (QED) is 0.859. The maximum absolute atomic E-state index is 13.0. The third-order valence-electron chi connectivity index (χ3n) is 4.07. The number of anilines is 1. The van der Waals surface area contributed by atoms with Crippen LogP contribution in [0, 0.1) is 5.82 Å². The zero-order chi connectivity index (χ0) is 16.6. The molecule has 0 radical (unpaired) electrons. The topological polar surface area (TPSA) is 59.1 Å². The van der Waals surface area contributed by atoms with Crippen molar-refractivity contribution < 1.29 is 23.5 Å². The number of cyclic esters (lactones) is 2. The molecule has 0 aliphatic carbocycles. The van der Waals surface area contributed by atoms with Gasteiger partial charge in [0.2, 0.25) is 0 Å². The maximum atomic E-state index is 13.0. The minimum atomic E-state index is -0.550. The number of carbonyl (C=O) groups is 2. The van der Waals surface area contributed by atoms with Gasteiger partial charge in [-0.25, -0.2) is 14.0 Å². The van der Waals surface area contributed by atoms with Crippen LogP contribution in [0.5, 0.6) is 0 Å². The predicted molar refractivity (Wildman–Crippen MR) is 80.4 cm³/mol. The zero-order valence-corrected chi connectivity index (χ0v) is 12.9. The number of nitrogens with zero attached hydrogens (tertiary/aromatic N) is 2. The molecule has 2 heterocycles. The first-order chi connectivity index (χ1) is 11.0. The lowest BCUT2D eigenvalue weighted by Gasteiger charge is -2.16. The second-order valence-electron chi connectivity index (χ2n) is 5.47. The standard InChI is InChI=1S/C16H17FN2O4/c1-3-10(2)18-8-13(22-15(18)20)14-9-19(16(21)23-14)12-6-4-11(17)5-7-12/h3-7,13-14H,8-9H2,1-2H3/b10-3+. The molecule has 23 heavy (non-hydrogen) atoms. The first kappa shape index (κ1) is 15.3. The van der Waals surface area contributed by atoms with Crippen molar-refractivity contribution >= 4 is 17.9 Å². The van der Waals surface area contributed by atoms with E-state index in [2.05, 4.69) is 0 Å². The Morgan fingerprint density at radius 3 is 2.39 bits per heavy atom. The van der Waals surface area contributed by atoms with E-state index in [1.54, 1.807) is 0 Å². The number of rotatable bonds is 3. The van der Waals surface area contributed by atoms with Crippen LogP contribution in [0.1, 0.15) is 13.8 Å². The summed E-state index contributed by atoms with van der Waals surface area (Å²) in [5.74, 6) is -0.375. The molecule has 2 fully saturated rings. The summed E-state index contributed by atoms with van der Waals surface area (Å²) < 4.78 is 23.6. The summed E-state index contributed by atoms with van der Waals surface area (Å²) in [4.78, 5) is 26.8. The van der Waals surface area contributed by atoms with Gasteiger partial charge in [-0.1, -0.05) is 6.08 Å². The van der Waals surface area contributed by atoms with Gasteiger partial charge in [-0.2, -0.15) is 0 Å². The van der Waals surface area contributed by atoms with E-state index in [1.165, 1.54) is 34.1 Å². The summed E-state index contributed by atoms with van der Waals surface area (Å²) in [5.41, 5.74) is 1.34. The molecular weight excluding hydrogens is 303 g/mol. The van der Waals surface area contributed by atoms with E-state index in [4.69, 9.17) is 9.47 Å². The largest absolute Gasteiger partial charge is 0.440 e. The maximum Gasteiger partial charge on any atom is 0.414 e. The van der Waals surface area contributed by atoms with Crippen LogP contribution in [-0.4, -0.2) is 42.4 Å². The van der Waals surface area contributed by atoms with Gasteiger partial charge in [-0.3, -0.25) is 9.80 Å². The Hall–Kier alpha value is -2.57. The van der Waals surface area contributed by atoms with Gasteiger partial charge in [-0.15, -0.1) is 0 Å². The molecule has 2 atom stereocenters. The van der Waals surface area contributed by atoms with Crippen LogP contribution in [0.25, 0.3) is 0 Å². The molecule has 0 saturated carbocycles. The van der Waals surface area contributed by atoms with Gasteiger partial charge in [-0.05, 0) is 38.1 Å². The van der Waals surface area contributed by atoms with Gasteiger partial charge in [0.15, 0.2) is 12.2 Å². The highest BCUT2D eigenvalue weighted by molar-refractivity contribution is 5.89. The van der Waals surface area contributed by atoms with Crippen molar-refractivity contribution in [2.24, 2.45) is 0 Å². The highest BCUT2D eigenvalue weighted by atomic mass is 19.1. The van der Waals surface area contributed by atoms with Crippen LogP contribution < -0.4 is 4.90 Å². The molecule has 2 saturated heterocycles. The van der Waals surface area contributed by atoms with Gasteiger partial charge >= 0.3 is 12.2 Å². The Balaban J connectivity index is 1.71. The van der Waals surface area contributed by atoms with Crippen LogP contribution in [0.4, 0.5) is 19.7 Å². The van der Waals surface area contributed by atoms with Crippen LogP contribution in [0.2, 0.25) is 0 Å². The lowest BCUT2D eigenvalue weighted by molar-refractivity contribution is 0.0435. The van der Waals surface area contributed by atoms with Crippen LogP contribution in [0.3, 0.4) is 0 Å². The molecule has 2 amide bonds. The van der Waals surface area contributed by atoms with Crippen LogP contribution in [-0.2, 0) is 9.47 Å². The van der Waals surface area contributed by atoms with Crippen molar-refractivity contribution in [3.05, 3.63) is 41.9 Å². The smallest absolute Gasteiger partial charge is 0.414 e. The van der Waals surface area contributed by atoms with Gasteiger partial charge in [0.25, 0.3) is 0 Å². The Kier molecular flexibility index (Phi) is 3.94. The minimum Gasteiger partial charge on any atom is -0.440 e. The Morgan fingerprint density at radius 1 is 1.13 bits per heavy atom. The molecule has 2 unspecified atom stereocenters. The molecule has 7 heteroatoms. The summed E-state index contributed by atoms with van der Waals surface area (Å²) in [5, 5.41) is 0. The SMILES string of the molecule is C/C=C(\C)N1CC(C2CN(c3ccc(F)cc3)C(=O)O2)OC1=O. The molecule has 0 N–H and O–H groups in total. The molecule has 1 aromatic carbocycles. The lowest BCUT2D eigenvalue weighted by atomic mass is 10.2. The fourth-order valence-electron chi connectivity index (χ4n) is 2.63. The molecule has 0 bridgehead atoms. The van der Waals surface area contributed by atoms with Crippen LogP contribution >= 0.6 is 0 Å². The average Bonchev–Trinajstić information content (AvgIpc) is 3.11. The van der Waals surface area contributed by atoms with Crippen molar-refractivity contribution in [1.82, 2.24) is 4.90 Å². The highest BCUT2D eigenvalue weighted by Crippen LogP contribution is 2.27. The van der Waals surface area contributed by atoms with Gasteiger partial charge in [0, 0.05) is 11.4 Å². The summed E-state index contributed by atoms with van der Waals surface area (Å²) in [6.45, 7) is 4.24. The number of benzene rings is 1. The fourth-order valence-corrected chi connectivity index (χ4v) is 2.63. The van der Waals surface area contributed by atoms with E-state index < -0.39 is 24.4 Å². The average molecular weight is 320 g/mol. The fraction of sp³-hybridized carbons (Fsp3) is 0.375. The number of ether oxygens (including phenoxy) is 2.